The van der Waals surface area contributed by atoms with Gasteiger partial charge in [-0.15, -0.1) is 0 Å². The summed E-state index contributed by atoms with van der Waals surface area (Å²) in [6, 6.07) is 0.232. The second-order valence-electron chi connectivity index (χ2n) is 4.16. The first-order valence-electron chi connectivity index (χ1n) is 4.38. The van der Waals surface area contributed by atoms with Crippen molar-refractivity contribution in [3.8, 4) is 0 Å². The molecule has 1 N–H and O–H groups in total. The molecular formula is C9H13N3O. The summed E-state index contributed by atoms with van der Waals surface area (Å²) in [5, 5.41) is 2.93. The van der Waals surface area contributed by atoms with Crippen LogP contribution in [0, 0.1) is 5.41 Å². The summed E-state index contributed by atoms with van der Waals surface area (Å²) in [5.41, 5.74) is 0.274. The van der Waals surface area contributed by atoms with E-state index in [2.05, 4.69) is 24.1 Å². The fraction of sp³-hybridized carbons (Fsp3) is 0.556. The zero-order valence-electron chi connectivity index (χ0n) is 7.82. The predicted molar refractivity (Wildman–Crippen MR) is 48.3 cm³/mol. The topological polar surface area (TPSA) is 46.9 Å². The van der Waals surface area contributed by atoms with Gasteiger partial charge in [0.2, 0.25) is 0 Å². The lowest BCUT2D eigenvalue weighted by Gasteiger charge is -2.06. The smallest absolute Gasteiger partial charge is 0.327 e. The van der Waals surface area contributed by atoms with E-state index in [-0.39, 0.29) is 11.4 Å². The number of aromatic nitrogens is 2. The zero-order chi connectivity index (χ0) is 9.47. The van der Waals surface area contributed by atoms with Crippen molar-refractivity contribution in [2.75, 3.05) is 0 Å². The van der Waals surface area contributed by atoms with Gasteiger partial charge in [0.05, 0.1) is 0 Å². The molecule has 1 aliphatic carbocycles. The third kappa shape index (κ3) is 1.56. The molecule has 1 unspecified atom stereocenters. The lowest BCUT2D eigenvalue weighted by Crippen LogP contribution is -2.31. The van der Waals surface area contributed by atoms with Crippen molar-refractivity contribution in [1.29, 1.82) is 0 Å². The Morgan fingerprint density at radius 3 is 2.85 bits per heavy atom. The summed E-state index contributed by atoms with van der Waals surface area (Å²) in [5.74, 6) is 0. The highest BCUT2D eigenvalue weighted by Crippen LogP contribution is 2.44. The molecule has 4 heteroatoms. The zero-order valence-corrected chi connectivity index (χ0v) is 7.82. The van der Waals surface area contributed by atoms with E-state index in [1.807, 2.05) is 0 Å². The molecule has 0 radical (unpaired) electrons. The molecule has 13 heavy (non-hydrogen) atoms. The van der Waals surface area contributed by atoms with Gasteiger partial charge in [0.25, 0.3) is 0 Å². The van der Waals surface area contributed by atoms with E-state index in [4.69, 9.17) is 0 Å². The van der Waals surface area contributed by atoms with E-state index in [9.17, 15) is 4.79 Å². The molecule has 0 spiro atoms. The normalized spacial score (nSPS) is 24.0. The number of carbonyl (C=O) groups excluding carboxylic acids is 1. The maximum absolute atomic E-state index is 11.5. The van der Waals surface area contributed by atoms with Crippen molar-refractivity contribution < 1.29 is 4.79 Å². The molecule has 0 aromatic carbocycles. The fourth-order valence-electron chi connectivity index (χ4n) is 1.32. The second kappa shape index (κ2) is 2.58. The van der Waals surface area contributed by atoms with E-state index in [0.717, 1.165) is 6.42 Å². The van der Waals surface area contributed by atoms with Gasteiger partial charge in [-0.3, -0.25) is 4.57 Å². The van der Waals surface area contributed by atoms with Gasteiger partial charge in [-0.1, -0.05) is 13.8 Å². The van der Waals surface area contributed by atoms with Crippen molar-refractivity contribution in [3.63, 3.8) is 0 Å². The van der Waals surface area contributed by atoms with E-state index < -0.39 is 0 Å². The summed E-state index contributed by atoms with van der Waals surface area (Å²) < 4.78 is 1.45. The second-order valence-corrected chi connectivity index (χ2v) is 4.16. The monoisotopic (exact) mass is 179 g/mol. The largest absolute Gasteiger partial charge is 0.334 e. The van der Waals surface area contributed by atoms with Crippen LogP contribution in [0.3, 0.4) is 0 Å². The summed E-state index contributed by atoms with van der Waals surface area (Å²) in [6.07, 6.45) is 5.81. The van der Waals surface area contributed by atoms with Crippen LogP contribution in [0.15, 0.2) is 18.7 Å². The van der Waals surface area contributed by atoms with Crippen molar-refractivity contribution in [1.82, 2.24) is 14.9 Å². The molecule has 1 aromatic heterocycles. The van der Waals surface area contributed by atoms with Gasteiger partial charge < -0.3 is 5.32 Å². The van der Waals surface area contributed by atoms with Gasteiger partial charge >= 0.3 is 6.03 Å². The molecule has 0 aliphatic heterocycles. The van der Waals surface area contributed by atoms with Crippen molar-refractivity contribution in [3.05, 3.63) is 18.7 Å². The fourth-order valence-corrected chi connectivity index (χ4v) is 1.32. The molecule has 4 nitrogen and oxygen atoms in total. The van der Waals surface area contributed by atoms with Crippen LogP contribution in [0.2, 0.25) is 0 Å². The van der Waals surface area contributed by atoms with Crippen LogP contribution < -0.4 is 5.32 Å². The minimum absolute atomic E-state index is 0.0897. The molecule has 1 atom stereocenters. The quantitative estimate of drug-likeness (QED) is 0.705. The Bertz CT molecular complexity index is 316. The molecule has 0 bridgehead atoms. The number of amides is 1. The van der Waals surface area contributed by atoms with Crippen LogP contribution in [-0.2, 0) is 0 Å². The molecule has 1 heterocycles. The lowest BCUT2D eigenvalue weighted by molar-refractivity contribution is 0.240. The number of hydrogen-bond acceptors (Lipinski definition) is 2. The highest BCUT2D eigenvalue weighted by Gasteiger charge is 2.46. The molecule has 1 aliphatic rings. The number of hydrogen-bond donors (Lipinski definition) is 1. The third-order valence-electron chi connectivity index (χ3n) is 2.55. The van der Waals surface area contributed by atoms with Crippen LogP contribution >= 0.6 is 0 Å². The molecule has 1 amide bonds. The average Bonchev–Trinajstić information content (AvgIpc) is 2.58. The highest BCUT2D eigenvalue weighted by atomic mass is 16.2. The number of nitrogens with one attached hydrogen (secondary N) is 1. The van der Waals surface area contributed by atoms with E-state index in [1.54, 1.807) is 12.4 Å². The Morgan fingerprint density at radius 1 is 1.69 bits per heavy atom. The van der Waals surface area contributed by atoms with E-state index in [0.29, 0.717) is 6.04 Å². The summed E-state index contributed by atoms with van der Waals surface area (Å²) >= 11 is 0. The minimum Gasteiger partial charge on any atom is -0.334 e. The molecule has 1 fully saturated rings. The molecule has 1 aromatic rings. The first-order chi connectivity index (χ1) is 6.09. The molecule has 70 valence electrons. The summed E-state index contributed by atoms with van der Waals surface area (Å²) in [6.45, 7) is 4.29. The maximum atomic E-state index is 11.5. The Kier molecular flexibility index (Phi) is 1.65. The van der Waals surface area contributed by atoms with Crippen molar-refractivity contribution >= 4 is 6.03 Å². The first-order valence-corrected chi connectivity index (χ1v) is 4.38. The standard InChI is InChI=1S/C9H13N3O/c1-9(2)5-7(9)11-8(13)12-4-3-10-6-12/h3-4,6-7H,5H2,1-2H3,(H,11,13). The van der Waals surface area contributed by atoms with E-state index in [1.165, 1.54) is 10.9 Å². The van der Waals surface area contributed by atoms with Crippen LogP contribution in [-0.4, -0.2) is 21.6 Å². The van der Waals surface area contributed by atoms with Crippen LogP contribution in [0.4, 0.5) is 4.79 Å². The Labute approximate surface area is 77.0 Å². The van der Waals surface area contributed by atoms with E-state index >= 15 is 0 Å². The van der Waals surface area contributed by atoms with Crippen molar-refractivity contribution in [2.24, 2.45) is 5.41 Å². The van der Waals surface area contributed by atoms with Gasteiger partial charge in [-0.25, -0.2) is 9.78 Å². The number of rotatable bonds is 1. The lowest BCUT2D eigenvalue weighted by atomic mass is 10.2. The number of imidazole rings is 1. The van der Waals surface area contributed by atoms with Crippen LogP contribution in [0.25, 0.3) is 0 Å². The Hall–Kier alpha value is -1.32. The highest BCUT2D eigenvalue weighted by molar-refractivity contribution is 5.77. The molecular weight excluding hydrogens is 166 g/mol. The van der Waals surface area contributed by atoms with Crippen LogP contribution in [0.1, 0.15) is 20.3 Å². The SMILES string of the molecule is CC1(C)CC1NC(=O)n1ccnc1. The predicted octanol–water partition coefficient (Wildman–Crippen LogP) is 1.24. The van der Waals surface area contributed by atoms with Crippen molar-refractivity contribution in [2.45, 2.75) is 26.3 Å². The Balaban J connectivity index is 1.94. The first kappa shape index (κ1) is 8.29. The minimum atomic E-state index is -0.0897. The van der Waals surface area contributed by atoms with Gasteiger partial charge in [0, 0.05) is 18.4 Å². The number of carbonyl (C=O) groups is 1. The maximum Gasteiger partial charge on any atom is 0.327 e. The molecule has 1 saturated carbocycles. The van der Waals surface area contributed by atoms with Crippen LogP contribution in [0.5, 0.6) is 0 Å². The Morgan fingerprint density at radius 2 is 2.38 bits per heavy atom. The third-order valence-corrected chi connectivity index (χ3v) is 2.55. The van der Waals surface area contributed by atoms with Gasteiger partial charge in [0.1, 0.15) is 6.33 Å². The molecule has 0 saturated heterocycles. The average molecular weight is 179 g/mol. The van der Waals surface area contributed by atoms with Gasteiger partial charge in [0.15, 0.2) is 0 Å². The number of nitrogens with zero attached hydrogens (tertiary/aromatic N) is 2. The van der Waals surface area contributed by atoms with Gasteiger partial charge in [-0.2, -0.15) is 0 Å². The molecule has 2 rings (SSSR count). The summed E-state index contributed by atoms with van der Waals surface area (Å²) in [7, 11) is 0. The summed E-state index contributed by atoms with van der Waals surface area (Å²) in [4.78, 5) is 15.3. The van der Waals surface area contributed by atoms with Gasteiger partial charge in [-0.05, 0) is 11.8 Å².